The molecule has 0 saturated carbocycles. The van der Waals surface area contributed by atoms with Crippen LogP contribution in [0.25, 0.3) is 0 Å². The highest BCUT2D eigenvalue weighted by atomic mass is 16.5. The van der Waals surface area contributed by atoms with E-state index in [2.05, 4.69) is 5.32 Å². The van der Waals surface area contributed by atoms with Crippen LogP contribution in [0.5, 0.6) is 11.5 Å². The molecule has 0 radical (unpaired) electrons. The lowest BCUT2D eigenvalue weighted by atomic mass is 9.91. The van der Waals surface area contributed by atoms with E-state index in [0.717, 1.165) is 0 Å². The van der Waals surface area contributed by atoms with Crippen molar-refractivity contribution in [2.75, 3.05) is 7.11 Å². The first-order valence-electron chi connectivity index (χ1n) is 6.51. The Labute approximate surface area is 118 Å². The van der Waals surface area contributed by atoms with Gasteiger partial charge in [0, 0.05) is 17.2 Å². The van der Waals surface area contributed by atoms with Crippen LogP contribution in [-0.2, 0) is 9.59 Å². The molecule has 0 spiro atoms. The number of methoxy groups -OCH3 is 1. The zero-order valence-electron chi connectivity index (χ0n) is 12.1. The van der Waals surface area contributed by atoms with Gasteiger partial charge >= 0.3 is 5.97 Å². The number of nitrogens with one attached hydrogen (secondary N) is 1. The quantitative estimate of drug-likeness (QED) is 0.663. The summed E-state index contributed by atoms with van der Waals surface area (Å²) in [5.41, 5.74) is 0.373. The fraction of sp³-hybridized carbons (Fsp3) is 0.467. The first kappa shape index (κ1) is 14.4. The van der Waals surface area contributed by atoms with Crippen molar-refractivity contribution in [3.05, 3.63) is 23.8 Å². The van der Waals surface area contributed by atoms with Gasteiger partial charge in [0.15, 0.2) is 0 Å². The Morgan fingerprint density at radius 1 is 1.40 bits per heavy atom. The summed E-state index contributed by atoms with van der Waals surface area (Å²) < 4.78 is 10.3. The van der Waals surface area contributed by atoms with E-state index in [1.165, 1.54) is 7.11 Å². The third-order valence-corrected chi connectivity index (χ3v) is 3.01. The first-order chi connectivity index (χ1) is 9.30. The van der Waals surface area contributed by atoms with Gasteiger partial charge in [-0.25, -0.2) is 0 Å². The minimum atomic E-state index is -0.517. The van der Waals surface area contributed by atoms with Crippen LogP contribution in [0.4, 0.5) is 0 Å². The molecule has 5 nitrogen and oxygen atoms in total. The monoisotopic (exact) mass is 277 g/mol. The van der Waals surface area contributed by atoms with Gasteiger partial charge in [0.25, 0.3) is 0 Å². The first-order valence-corrected chi connectivity index (χ1v) is 6.51. The van der Waals surface area contributed by atoms with Crippen molar-refractivity contribution < 1.29 is 19.1 Å². The van der Waals surface area contributed by atoms with E-state index < -0.39 is 11.9 Å². The molecule has 20 heavy (non-hydrogen) atoms. The number of esters is 1. The molecule has 0 saturated heterocycles. The Hall–Kier alpha value is -2.04. The predicted molar refractivity (Wildman–Crippen MR) is 73.9 cm³/mol. The minimum Gasteiger partial charge on any atom is -0.497 e. The molecule has 1 atom stereocenters. The van der Waals surface area contributed by atoms with Crippen LogP contribution in [0.2, 0.25) is 0 Å². The number of benzene rings is 1. The van der Waals surface area contributed by atoms with E-state index in [-0.39, 0.29) is 17.9 Å². The summed E-state index contributed by atoms with van der Waals surface area (Å²) in [7, 11) is 1.54. The smallest absolute Gasteiger partial charge is 0.312 e. The average Bonchev–Trinajstić information content (AvgIpc) is 2.34. The van der Waals surface area contributed by atoms with Gasteiger partial charge < -0.3 is 14.8 Å². The van der Waals surface area contributed by atoms with E-state index in [4.69, 9.17) is 9.47 Å². The third kappa shape index (κ3) is 3.10. The van der Waals surface area contributed by atoms with Crippen LogP contribution >= 0.6 is 0 Å². The number of amides is 1. The average molecular weight is 277 g/mol. The largest absolute Gasteiger partial charge is 0.497 e. The second-order valence-electron chi connectivity index (χ2n) is 5.87. The molecule has 1 heterocycles. The van der Waals surface area contributed by atoms with Crippen LogP contribution in [0.1, 0.15) is 38.7 Å². The van der Waals surface area contributed by atoms with Gasteiger partial charge in [0.1, 0.15) is 11.5 Å². The molecule has 108 valence electrons. The molecule has 1 aromatic rings. The van der Waals surface area contributed by atoms with Crippen LogP contribution in [0.15, 0.2) is 18.2 Å². The second-order valence-corrected chi connectivity index (χ2v) is 5.87. The number of hydrogen-bond donors (Lipinski definition) is 1. The van der Waals surface area contributed by atoms with E-state index >= 15 is 0 Å². The minimum absolute atomic E-state index is 0.0568. The maximum Gasteiger partial charge on any atom is 0.312 e. The summed E-state index contributed by atoms with van der Waals surface area (Å²) >= 11 is 0. The normalized spacial score (nSPS) is 18.0. The number of hydrogen-bond acceptors (Lipinski definition) is 4. The summed E-state index contributed by atoms with van der Waals surface area (Å²) in [4.78, 5) is 24.0. The van der Waals surface area contributed by atoms with Crippen molar-refractivity contribution in [1.29, 1.82) is 0 Å². The van der Waals surface area contributed by atoms with Gasteiger partial charge in [0.05, 0.1) is 19.4 Å². The molecular weight excluding hydrogens is 258 g/mol. The zero-order chi connectivity index (χ0) is 14.9. The van der Waals surface area contributed by atoms with Gasteiger partial charge in [-0.3, -0.25) is 9.59 Å². The maximum atomic E-state index is 12.3. The Bertz CT molecular complexity index is 545. The number of ether oxygens (including phenoxy) is 2. The van der Waals surface area contributed by atoms with E-state index in [1.54, 1.807) is 18.2 Å². The standard InChI is InChI=1S/C15H19NO4/c1-15(2,3)16-14(18)11-8-13(17)20-12-7-9(19-4)5-6-10(11)12/h5-7,11H,8H2,1-4H3,(H,16,18). The lowest BCUT2D eigenvalue weighted by Gasteiger charge is -2.28. The molecule has 0 aromatic heterocycles. The second kappa shape index (κ2) is 5.15. The highest BCUT2D eigenvalue weighted by molar-refractivity contribution is 5.92. The van der Waals surface area contributed by atoms with Crippen molar-refractivity contribution >= 4 is 11.9 Å². The van der Waals surface area contributed by atoms with E-state index in [1.807, 2.05) is 20.8 Å². The van der Waals surface area contributed by atoms with Crippen LogP contribution in [0, 0.1) is 0 Å². The summed E-state index contributed by atoms with van der Waals surface area (Å²) in [6.45, 7) is 5.71. The third-order valence-electron chi connectivity index (χ3n) is 3.01. The molecule has 1 aromatic carbocycles. The van der Waals surface area contributed by atoms with Crippen molar-refractivity contribution in [1.82, 2.24) is 5.32 Å². The number of fused-ring (bicyclic) bond motifs is 1. The van der Waals surface area contributed by atoms with Crippen LogP contribution in [0.3, 0.4) is 0 Å². The summed E-state index contributed by atoms with van der Waals surface area (Å²) in [6.07, 6.45) is 0.0568. The molecule has 1 aliphatic rings. The Morgan fingerprint density at radius 3 is 2.70 bits per heavy atom. The highest BCUT2D eigenvalue weighted by Gasteiger charge is 2.34. The molecule has 1 amide bonds. The fourth-order valence-corrected chi connectivity index (χ4v) is 2.15. The topological polar surface area (TPSA) is 64.6 Å². The fourth-order valence-electron chi connectivity index (χ4n) is 2.15. The van der Waals surface area contributed by atoms with E-state index in [9.17, 15) is 9.59 Å². The van der Waals surface area contributed by atoms with E-state index in [0.29, 0.717) is 17.1 Å². The molecule has 0 fully saturated rings. The van der Waals surface area contributed by atoms with Crippen LogP contribution < -0.4 is 14.8 Å². The molecule has 1 N–H and O–H groups in total. The molecule has 0 bridgehead atoms. The van der Waals surface area contributed by atoms with Crippen LogP contribution in [-0.4, -0.2) is 24.5 Å². The number of carbonyl (C=O) groups excluding carboxylic acids is 2. The molecule has 1 aliphatic heterocycles. The van der Waals surface area contributed by atoms with Gasteiger partial charge in [-0.1, -0.05) is 6.07 Å². The summed E-state index contributed by atoms with van der Waals surface area (Å²) in [6, 6.07) is 5.16. The molecular formula is C15H19NO4. The Kier molecular flexibility index (Phi) is 3.70. The summed E-state index contributed by atoms with van der Waals surface area (Å²) in [5.74, 6) is -0.0974. The van der Waals surface area contributed by atoms with Gasteiger partial charge in [-0.2, -0.15) is 0 Å². The van der Waals surface area contributed by atoms with Gasteiger partial charge in [-0.05, 0) is 26.8 Å². The lowest BCUT2D eigenvalue weighted by Crippen LogP contribution is -2.44. The molecule has 2 rings (SSSR count). The highest BCUT2D eigenvalue weighted by Crippen LogP contribution is 2.37. The Morgan fingerprint density at radius 2 is 2.10 bits per heavy atom. The number of rotatable bonds is 2. The summed E-state index contributed by atoms with van der Waals surface area (Å²) in [5, 5.41) is 2.90. The lowest BCUT2D eigenvalue weighted by molar-refractivity contribution is -0.139. The van der Waals surface area contributed by atoms with Gasteiger partial charge in [0.2, 0.25) is 5.91 Å². The Balaban J connectivity index is 2.33. The molecule has 1 unspecified atom stereocenters. The predicted octanol–water partition coefficient (Wildman–Crippen LogP) is 2.00. The van der Waals surface area contributed by atoms with Crippen molar-refractivity contribution in [2.24, 2.45) is 0 Å². The number of carbonyl (C=O) groups is 2. The maximum absolute atomic E-state index is 12.3. The zero-order valence-corrected chi connectivity index (χ0v) is 12.1. The molecule has 5 heteroatoms. The molecule has 0 aliphatic carbocycles. The van der Waals surface area contributed by atoms with Crippen molar-refractivity contribution in [3.8, 4) is 11.5 Å². The van der Waals surface area contributed by atoms with Gasteiger partial charge in [-0.15, -0.1) is 0 Å². The van der Waals surface area contributed by atoms with Crippen molar-refractivity contribution in [2.45, 2.75) is 38.6 Å². The van der Waals surface area contributed by atoms with Crippen molar-refractivity contribution in [3.63, 3.8) is 0 Å². The SMILES string of the molecule is COc1ccc2c(c1)OC(=O)CC2C(=O)NC(C)(C)C.